The molecule has 0 atom stereocenters. The molecule has 5 nitrogen and oxygen atoms in total. The maximum absolute atomic E-state index is 12.6. The highest BCUT2D eigenvalue weighted by molar-refractivity contribution is 14.0. The molecule has 0 spiro atoms. The zero-order chi connectivity index (χ0) is 21.5. The number of aliphatic imine (C=N–C) groups is 1. The molecular formula is C26H33IN4O. The van der Waals surface area contributed by atoms with Crippen LogP contribution < -0.4 is 5.32 Å². The van der Waals surface area contributed by atoms with Crippen LogP contribution in [0.25, 0.3) is 5.57 Å². The van der Waals surface area contributed by atoms with E-state index in [9.17, 15) is 4.79 Å². The molecule has 0 aliphatic carbocycles. The average molecular weight is 544 g/mol. The van der Waals surface area contributed by atoms with Crippen LogP contribution >= 0.6 is 24.0 Å². The summed E-state index contributed by atoms with van der Waals surface area (Å²) < 4.78 is 0. The van der Waals surface area contributed by atoms with E-state index < -0.39 is 0 Å². The van der Waals surface area contributed by atoms with Gasteiger partial charge in [0.15, 0.2) is 5.96 Å². The van der Waals surface area contributed by atoms with Crippen molar-refractivity contribution in [1.82, 2.24) is 15.1 Å². The van der Waals surface area contributed by atoms with Crippen LogP contribution in [0.4, 0.5) is 0 Å². The highest BCUT2D eigenvalue weighted by Gasteiger charge is 2.20. The SMILES string of the molecule is CN=C(NCCCC(=O)N1CCc2ccccc2C1)N1CC=C(c2ccccc2)CC1.I. The van der Waals surface area contributed by atoms with Gasteiger partial charge >= 0.3 is 0 Å². The van der Waals surface area contributed by atoms with E-state index in [1.54, 1.807) is 0 Å². The Morgan fingerprint density at radius 3 is 2.41 bits per heavy atom. The lowest BCUT2D eigenvalue weighted by Gasteiger charge is -2.30. The average Bonchev–Trinajstić information content (AvgIpc) is 2.84. The van der Waals surface area contributed by atoms with Gasteiger partial charge in [-0.3, -0.25) is 9.79 Å². The predicted octanol–water partition coefficient (Wildman–Crippen LogP) is 4.33. The summed E-state index contributed by atoms with van der Waals surface area (Å²) >= 11 is 0. The Morgan fingerprint density at radius 1 is 0.969 bits per heavy atom. The minimum atomic E-state index is 0. The topological polar surface area (TPSA) is 47.9 Å². The number of nitrogens with zero attached hydrogens (tertiary/aromatic N) is 3. The normalized spacial score (nSPS) is 16.0. The summed E-state index contributed by atoms with van der Waals surface area (Å²) in [4.78, 5) is 21.4. The molecule has 1 amide bonds. The molecule has 0 aromatic heterocycles. The van der Waals surface area contributed by atoms with Crippen LogP contribution in [0.3, 0.4) is 0 Å². The van der Waals surface area contributed by atoms with E-state index in [0.717, 1.165) is 57.9 Å². The van der Waals surface area contributed by atoms with Crippen molar-refractivity contribution in [1.29, 1.82) is 0 Å². The number of fused-ring (bicyclic) bond motifs is 1. The lowest BCUT2D eigenvalue weighted by molar-refractivity contribution is -0.132. The van der Waals surface area contributed by atoms with Crippen LogP contribution in [0.5, 0.6) is 0 Å². The molecule has 0 saturated carbocycles. The Kier molecular flexibility index (Phi) is 9.14. The van der Waals surface area contributed by atoms with Gasteiger partial charge < -0.3 is 15.1 Å². The second-order valence-electron chi connectivity index (χ2n) is 8.20. The fraction of sp³-hybridized carbons (Fsp3) is 0.385. The van der Waals surface area contributed by atoms with Crippen LogP contribution in [0.15, 0.2) is 65.7 Å². The number of benzene rings is 2. The van der Waals surface area contributed by atoms with Crippen molar-refractivity contribution in [3.8, 4) is 0 Å². The lowest BCUT2D eigenvalue weighted by Crippen LogP contribution is -2.44. The van der Waals surface area contributed by atoms with Crippen molar-refractivity contribution in [3.05, 3.63) is 77.4 Å². The van der Waals surface area contributed by atoms with Crippen molar-refractivity contribution in [2.75, 3.05) is 33.2 Å². The van der Waals surface area contributed by atoms with Gasteiger partial charge in [0.2, 0.25) is 5.91 Å². The second-order valence-corrected chi connectivity index (χ2v) is 8.20. The third-order valence-corrected chi connectivity index (χ3v) is 6.20. The van der Waals surface area contributed by atoms with E-state index in [2.05, 4.69) is 75.9 Å². The first-order valence-corrected chi connectivity index (χ1v) is 11.3. The number of halogens is 1. The first-order chi connectivity index (χ1) is 15.2. The molecular weight excluding hydrogens is 511 g/mol. The van der Waals surface area contributed by atoms with Crippen LogP contribution in [-0.2, 0) is 17.8 Å². The first-order valence-electron chi connectivity index (χ1n) is 11.3. The van der Waals surface area contributed by atoms with Gasteiger partial charge in [-0.15, -0.1) is 24.0 Å². The number of carbonyl (C=O) groups is 1. The van der Waals surface area contributed by atoms with E-state index in [1.807, 2.05) is 11.9 Å². The van der Waals surface area contributed by atoms with Crippen LogP contribution in [0.2, 0.25) is 0 Å². The third kappa shape index (κ3) is 6.12. The Labute approximate surface area is 208 Å². The molecule has 1 N–H and O–H groups in total. The van der Waals surface area contributed by atoms with Crippen molar-refractivity contribution in [2.24, 2.45) is 4.99 Å². The molecule has 2 aromatic carbocycles. The molecule has 0 saturated heterocycles. The molecule has 0 unspecified atom stereocenters. The van der Waals surface area contributed by atoms with Gasteiger partial charge in [0.05, 0.1) is 0 Å². The zero-order valence-electron chi connectivity index (χ0n) is 18.8. The summed E-state index contributed by atoms with van der Waals surface area (Å²) in [7, 11) is 1.83. The molecule has 0 fully saturated rings. The van der Waals surface area contributed by atoms with Crippen LogP contribution in [0.1, 0.15) is 36.0 Å². The quantitative estimate of drug-likeness (QED) is 0.264. The molecule has 32 heavy (non-hydrogen) atoms. The van der Waals surface area contributed by atoms with Crippen LogP contribution in [0, 0.1) is 0 Å². The van der Waals surface area contributed by atoms with Crippen LogP contribution in [-0.4, -0.2) is 54.9 Å². The van der Waals surface area contributed by atoms with Gasteiger partial charge in [-0.2, -0.15) is 0 Å². The molecule has 170 valence electrons. The Balaban J connectivity index is 0.00000289. The monoisotopic (exact) mass is 544 g/mol. The van der Waals surface area contributed by atoms with Gasteiger partial charge in [-0.1, -0.05) is 60.7 Å². The Hall–Kier alpha value is -2.35. The minimum Gasteiger partial charge on any atom is -0.356 e. The molecule has 2 aromatic rings. The summed E-state index contributed by atoms with van der Waals surface area (Å²) in [5.41, 5.74) is 5.38. The van der Waals surface area contributed by atoms with Gasteiger partial charge in [0, 0.05) is 46.2 Å². The van der Waals surface area contributed by atoms with E-state index in [0.29, 0.717) is 6.42 Å². The number of rotatable bonds is 5. The summed E-state index contributed by atoms with van der Waals surface area (Å²) in [5, 5.41) is 3.44. The maximum Gasteiger partial charge on any atom is 0.222 e. The largest absolute Gasteiger partial charge is 0.356 e. The number of nitrogens with one attached hydrogen (secondary N) is 1. The molecule has 4 rings (SSSR count). The fourth-order valence-corrected chi connectivity index (χ4v) is 4.41. The molecule has 0 radical (unpaired) electrons. The number of hydrogen-bond acceptors (Lipinski definition) is 2. The summed E-state index contributed by atoms with van der Waals surface area (Å²) in [6, 6.07) is 19.0. The molecule has 2 heterocycles. The Bertz CT molecular complexity index is 957. The maximum atomic E-state index is 12.6. The third-order valence-electron chi connectivity index (χ3n) is 6.20. The van der Waals surface area contributed by atoms with Crippen molar-refractivity contribution in [3.63, 3.8) is 0 Å². The lowest BCUT2D eigenvalue weighted by atomic mass is 9.99. The van der Waals surface area contributed by atoms with Crippen molar-refractivity contribution >= 4 is 41.4 Å². The zero-order valence-corrected chi connectivity index (χ0v) is 21.1. The number of carbonyl (C=O) groups excluding carboxylic acids is 1. The standard InChI is InChI=1S/C26H32N4O.HI/c1-27-26(29-17-13-23(14-18-29)21-8-3-2-4-9-21)28-16-7-12-25(31)30-19-15-22-10-5-6-11-24(22)20-30;/h2-6,8-11,13H,7,12,14-20H2,1H3,(H,27,28);1H. The number of guanidine groups is 1. The fourth-order valence-electron chi connectivity index (χ4n) is 4.41. The van der Waals surface area contributed by atoms with Crippen molar-refractivity contribution < 1.29 is 4.79 Å². The van der Waals surface area contributed by atoms with E-state index >= 15 is 0 Å². The van der Waals surface area contributed by atoms with Gasteiger partial charge in [0.25, 0.3) is 0 Å². The predicted molar refractivity (Wildman–Crippen MR) is 142 cm³/mol. The van der Waals surface area contributed by atoms with E-state index in [1.165, 1.54) is 22.3 Å². The van der Waals surface area contributed by atoms with E-state index in [4.69, 9.17) is 0 Å². The summed E-state index contributed by atoms with van der Waals surface area (Å²) in [6.07, 6.45) is 5.66. The van der Waals surface area contributed by atoms with Gasteiger partial charge in [-0.25, -0.2) is 0 Å². The first kappa shape index (κ1) is 24.3. The highest BCUT2D eigenvalue weighted by Crippen LogP contribution is 2.22. The number of hydrogen-bond donors (Lipinski definition) is 1. The Morgan fingerprint density at radius 2 is 1.69 bits per heavy atom. The van der Waals surface area contributed by atoms with E-state index in [-0.39, 0.29) is 29.9 Å². The minimum absolute atomic E-state index is 0. The second kappa shape index (κ2) is 12.0. The molecule has 0 bridgehead atoms. The summed E-state index contributed by atoms with van der Waals surface area (Å²) in [6.45, 7) is 4.14. The smallest absolute Gasteiger partial charge is 0.222 e. The molecule has 2 aliphatic rings. The number of amides is 1. The van der Waals surface area contributed by atoms with Gasteiger partial charge in [-0.05, 0) is 41.5 Å². The summed E-state index contributed by atoms with van der Waals surface area (Å²) in [5.74, 6) is 1.17. The molecule has 2 aliphatic heterocycles. The molecule has 6 heteroatoms. The highest BCUT2D eigenvalue weighted by atomic mass is 127. The van der Waals surface area contributed by atoms with Gasteiger partial charge in [0.1, 0.15) is 0 Å². The van der Waals surface area contributed by atoms with Crippen molar-refractivity contribution in [2.45, 2.75) is 32.2 Å².